The number of aliphatic hydroxyl groups excluding tert-OH is 1. The van der Waals surface area contributed by atoms with Crippen LogP contribution in [0.2, 0.25) is 5.02 Å². The van der Waals surface area contributed by atoms with Crippen molar-refractivity contribution in [3.05, 3.63) is 69.7 Å². The lowest BCUT2D eigenvalue weighted by molar-refractivity contribution is 0.144. The van der Waals surface area contributed by atoms with Crippen LogP contribution in [0.25, 0.3) is 23.1 Å². The molecule has 0 spiro atoms. The van der Waals surface area contributed by atoms with Crippen LogP contribution in [-0.2, 0) is 0 Å². The van der Waals surface area contributed by atoms with E-state index in [1.54, 1.807) is 12.1 Å². The molecule has 3 saturated heterocycles. The number of nitrogens with zero attached hydrogens (tertiary/aromatic N) is 4. The van der Waals surface area contributed by atoms with Gasteiger partial charge < -0.3 is 25.0 Å². The molecule has 2 aromatic carbocycles. The number of aliphatic hydroxyl groups is 1. The van der Waals surface area contributed by atoms with Crippen molar-refractivity contribution >= 4 is 40.5 Å². The fourth-order valence-electron chi connectivity index (χ4n) is 6.19. The van der Waals surface area contributed by atoms with Crippen LogP contribution in [0.1, 0.15) is 42.4 Å². The van der Waals surface area contributed by atoms with E-state index in [0.717, 1.165) is 49.9 Å². The molecule has 6 rings (SSSR count). The number of hydrogen-bond acceptors (Lipinski definition) is 7. The summed E-state index contributed by atoms with van der Waals surface area (Å²) in [4.78, 5) is 13.3. The van der Waals surface area contributed by atoms with Crippen LogP contribution < -0.4 is 15.0 Å². The van der Waals surface area contributed by atoms with Gasteiger partial charge in [-0.25, -0.2) is 8.78 Å². The zero-order valence-electron chi connectivity index (χ0n) is 23.7. The first-order chi connectivity index (χ1) is 20.3. The van der Waals surface area contributed by atoms with Gasteiger partial charge in [-0.05, 0) is 81.1 Å². The van der Waals surface area contributed by atoms with Crippen molar-refractivity contribution < 1.29 is 18.6 Å². The average molecular weight is 596 g/mol. The minimum atomic E-state index is -1.21. The number of aryl methyl sites for hydroxylation is 1. The lowest BCUT2D eigenvalue weighted by atomic mass is 10.1. The first kappa shape index (κ1) is 28.8. The van der Waals surface area contributed by atoms with E-state index in [2.05, 4.69) is 25.1 Å². The molecule has 4 heterocycles. The summed E-state index contributed by atoms with van der Waals surface area (Å²) in [6.07, 6.45) is 7.53. The third-order valence-electron chi connectivity index (χ3n) is 8.35. The fraction of sp³-hybridized carbons (Fsp3) is 0.438. The van der Waals surface area contributed by atoms with Gasteiger partial charge in [-0.15, -0.1) is 0 Å². The van der Waals surface area contributed by atoms with Crippen molar-refractivity contribution in [2.24, 2.45) is 0 Å². The van der Waals surface area contributed by atoms with E-state index in [0.29, 0.717) is 42.9 Å². The number of aromatic nitrogens is 2. The van der Waals surface area contributed by atoms with Crippen molar-refractivity contribution in [2.75, 3.05) is 44.2 Å². The zero-order valence-corrected chi connectivity index (χ0v) is 24.5. The van der Waals surface area contributed by atoms with E-state index in [1.807, 2.05) is 31.2 Å². The number of anilines is 1. The first-order valence-corrected chi connectivity index (χ1v) is 15.1. The summed E-state index contributed by atoms with van der Waals surface area (Å²) in [6, 6.07) is 9.87. The summed E-state index contributed by atoms with van der Waals surface area (Å²) in [6.45, 7) is 5.22. The molecule has 7 nitrogen and oxygen atoms in total. The number of benzene rings is 2. The SMILES string of the molecule is Cc1ccccc1/C=C(O)\C=C\c1c(Cl)cc2c(N3CC4CCC(C3)N4)nc(OCC(F)CN3CCCC3)nc2c1F. The van der Waals surface area contributed by atoms with Gasteiger partial charge >= 0.3 is 6.01 Å². The van der Waals surface area contributed by atoms with Crippen LogP contribution in [0.4, 0.5) is 14.6 Å². The maximum atomic E-state index is 16.1. The highest BCUT2D eigenvalue weighted by Gasteiger charge is 2.34. The number of halogens is 3. The highest BCUT2D eigenvalue weighted by Crippen LogP contribution is 2.36. The van der Waals surface area contributed by atoms with Gasteiger partial charge in [0.15, 0.2) is 5.82 Å². The number of allylic oxidation sites excluding steroid dienone is 1. The Morgan fingerprint density at radius 3 is 2.67 bits per heavy atom. The number of rotatable bonds is 9. The van der Waals surface area contributed by atoms with Gasteiger partial charge in [-0.3, -0.25) is 0 Å². The van der Waals surface area contributed by atoms with Crippen LogP contribution in [0.15, 0.2) is 42.2 Å². The molecular formula is C32H36ClF2N5O2. The molecule has 3 aliphatic rings. The molecule has 3 fully saturated rings. The monoisotopic (exact) mass is 595 g/mol. The molecule has 3 aliphatic heterocycles. The largest absolute Gasteiger partial charge is 0.508 e. The summed E-state index contributed by atoms with van der Waals surface area (Å²) in [5.41, 5.74) is 1.98. The van der Waals surface area contributed by atoms with Crippen molar-refractivity contribution in [2.45, 2.75) is 50.9 Å². The second-order valence-corrected chi connectivity index (χ2v) is 11.9. The van der Waals surface area contributed by atoms with E-state index < -0.39 is 12.0 Å². The van der Waals surface area contributed by atoms with Gasteiger partial charge in [0.1, 0.15) is 29.9 Å². The molecule has 42 heavy (non-hydrogen) atoms. The smallest absolute Gasteiger partial charge is 0.319 e. The summed E-state index contributed by atoms with van der Waals surface area (Å²) >= 11 is 6.62. The molecule has 0 radical (unpaired) electrons. The van der Waals surface area contributed by atoms with Crippen molar-refractivity contribution in [3.8, 4) is 6.01 Å². The van der Waals surface area contributed by atoms with Crippen LogP contribution in [0.3, 0.4) is 0 Å². The topological polar surface area (TPSA) is 73.8 Å². The molecule has 2 N–H and O–H groups in total. The molecule has 0 amide bonds. The Labute approximate surface area is 249 Å². The van der Waals surface area contributed by atoms with E-state index in [4.69, 9.17) is 16.3 Å². The number of alkyl halides is 1. The third kappa shape index (κ3) is 6.38. The molecule has 1 aromatic heterocycles. The molecule has 0 saturated carbocycles. The Morgan fingerprint density at radius 1 is 1.19 bits per heavy atom. The fourth-order valence-corrected chi connectivity index (χ4v) is 6.45. The first-order valence-electron chi connectivity index (χ1n) is 14.7. The number of fused-ring (bicyclic) bond motifs is 3. The predicted molar refractivity (Wildman–Crippen MR) is 164 cm³/mol. The minimum absolute atomic E-state index is 0.0438. The number of piperazine rings is 1. The van der Waals surface area contributed by atoms with Crippen LogP contribution in [-0.4, -0.2) is 77.6 Å². The molecule has 222 valence electrons. The number of nitrogens with one attached hydrogen (secondary N) is 1. The Morgan fingerprint density at radius 2 is 1.93 bits per heavy atom. The molecule has 10 heteroatoms. The standard InChI is InChI=1S/C32H36ClF2N5O2/c1-20-6-2-3-7-21(20)14-25(41)10-11-26-28(33)15-27-30(29(26)35)37-32(42-19-22(34)16-39-12-4-5-13-39)38-31(27)40-17-23-8-9-24(18-40)36-23/h2-3,6-7,10-11,14-15,22-24,36,41H,4-5,8-9,12-13,16-19H2,1H3/b11-10+,25-14+. The Hall–Kier alpha value is -3.27. The number of likely N-dealkylation sites (tertiary alicyclic amines) is 1. The molecule has 3 aromatic rings. The van der Waals surface area contributed by atoms with Crippen molar-refractivity contribution in [1.29, 1.82) is 0 Å². The molecular weight excluding hydrogens is 560 g/mol. The van der Waals surface area contributed by atoms with Crippen LogP contribution >= 0.6 is 11.6 Å². The van der Waals surface area contributed by atoms with E-state index in [9.17, 15) is 9.50 Å². The Bertz CT molecular complexity index is 1500. The Kier molecular flexibility index (Phi) is 8.60. The molecule has 3 atom stereocenters. The quantitative estimate of drug-likeness (QED) is 0.229. The minimum Gasteiger partial charge on any atom is -0.508 e. The maximum Gasteiger partial charge on any atom is 0.319 e. The number of ether oxygens (including phenoxy) is 1. The van der Waals surface area contributed by atoms with Gasteiger partial charge in [-0.2, -0.15) is 9.97 Å². The van der Waals surface area contributed by atoms with Gasteiger partial charge in [0.2, 0.25) is 0 Å². The Balaban J connectivity index is 1.32. The van der Waals surface area contributed by atoms with Gasteiger partial charge in [0.05, 0.1) is 5.02 Å². The zero-order chi connectivity index (χ0) is 29.2. The van der Waals surface area contributed by atoms with Gasteiger partial charge in [0.25, 0.3) is 0 Å². The summed E-state index contributed by atoms with van der Waals surface area (Å²) in [5, 5.41) is 14.8. The second-order valence-electron chi connectivity index (χ2n) is 11.5. The molecule has 2 bridgehead atoms. The van der Waals surface area contributed by atoms with Crippen LogP contribution in [0.5, 0.6) is 6.01 Å². The van der Waals surface area contributed by atoms with Crippen LogP contribution in [0, 0.1) is 12.7 Å². The predicted octanol–water partition coefficient (Wildman–Crippen LogP) is 6.10. The molecule has 0 aliphatic carbocycles. The maximum absolute atomic E-state index is 16.1. The van der Waals surface area contributed by atoms with E-state index in [1.165, 1.54) is 12.2 Å². The van der Waals surface area contributed by atoms with E-state index in [-0.39, 0.29) is 34.5 Å². The average Bonchev–Trinajstić information content (AvgIpc) is 3.61. The summed E-state index contributed by atoms with van der Waals surface area (Å²) < 4.78 is 36.7. The van der Waals surface area contributed by atoms with Crippen molar-refractivity contribution in [1.82, 2.24) is 20.2 Å². The van der Waals surface area contributed by atoms with Crippen molar-refractivity contribution in [3.63, 3.8) is 0 Å². The summed E-state index contributed by atoms with van der Waals surface area (Å²) in [5.74, 6) is -0.171. The third-order valence-corrected chi connectivity index (χ3v) is 8.67. The van der Waals surface area contributed by atoms with Gasteiger partial charge in [0, 0.05) is 42.7 Å². The van der Waals surface area contributed by atoms with Gasteiger partial charge in [-0.1, -0.05) is 35.9 Å². The second kappa shape index (κ2) is 12.5. The van der Waals surface area contributed by atoms with E-state index >= 15 is 4.39 Å². The highest BCUT2D eigenvalue weighted by atomic mass is 35.5. The number of hydrogen-bond donors (Lipinski definition) is 2. The molecule has 3 unspecified atom stereocenters. The summed E-state index contributed by atoms with van der Waals surface area (Å²) in [7, 11) is 0. The highest BCUT2D eigenvalue weighted by molar-refractivity contribution is 6.33. The lowest BCUT2D eigenvalue weighted by Crippen LogP contribution is -2.51. The normalized spacial score (nSPS) is 22.0. The lowest BCUT2D eigenvalue weighted by Gasteiger charge is -2.34.